The van der Waals surface area contributed by atoms with Crippen molar-refractivity contribution in [1.82, 2.24) is 4.31 Å². The number of piperidine rings is 1. The fourth-order valence-electron chi connectivity index (χ4n) is 2.93. The minimum absolute atomic E-state index is 0.0927. The molecule has 2 rings (SSSR count). The predicted octanol–water partition coefficient (Wildman–Crippen LogP) is 1.90. The van der Waals surface area contributed by atoms with E-state index >= 15 is 0 Å². The Balaban J connectivity index is 2.29. The zero-order valence-corrected chi connectivity index (χ0v) is 16.2. The van der Waals surface area contributed by atoms with Crippen LogP contribution in [0, 0.1) is 13.8 Å². The zero-order valence-electron chi connectivity index (χ0n) is 14.6. The minimum Gasteiger partial charge on any atom is -0.495 e. The first-order valence-corrected chi connectivity index (χ1v) is 11.2. The summed E-state index contributed by atoms with van der Waals surface area (Å²) in [5.41, 5.74) is 1.83. The van der Waals surface area contributed by atoms with Gasteiger partial charge in [0.2, 0.25) is 10.0 Å². The Hall–Kier alpha value is -1.12. The molecule has 24 heavy (non-hydrogen) atoms. The van der Waals surface area contributed by atoms with Gasteiger partial charge in [0, 0.05) is 18.8 Å². The summed E-state index contributed by atoms with van der Waals surface area (Å²) in [7, 11) is -5.38. The Bertz CT molecular complexity index is 807. The second kappa shape index (κ2) is 7.01. The average Bonchev–Trinajstić information content (AvgIpc) is 2.56. The molecule has 0 aromatic heterocycles. The molecule has 0 unspecified atom stereocenters. The van der Waals surface area contributed by atoms with Gasteiger partial charge in [-0.2, -0.15) is 4.31 Å². The van der Waals surface area contributed by atoms with E-state index in [0.29, 0.717) is 18.6 Å². The first-order valence-electron chi connectivity index (χ1n) is 8.00. The number of aryl methyl sites for hydroxylation is 2. The van der Waals surface area contributed by atoms with E-state index < -0.39 is 25.1 Å². The van der Waals surface area contributed by atoms with Crippen molar-refractivity contribution in [2.75, 3.05) is 26.0 Å². The van der Waals surface area contributed by atoms with Crippen molar-refractivity contribution in [3.8, 4) is 5.75 Å². The van der Waals surface area contributed by atoms with Crippen LogP contribution in [0.4, 0.5) is 0 Å². The maximum Gasteiger partial charge on any atom is 0.246 e. The largest absolute Gasteiger partial charge is 0.495 e. The van der Waals surface area contributed by atoms with Crippen molar-refractivity contribution in [3.63, 3.8) is 0 Å². The zero-order chi connectivity index (χ0) is 18.1. The first kappa shape index (κ1) is 19.2. The summed E-state index contributed by atoms with van der Waals surface area (Å²) in [6, 6.07) is 3.34. The Labute approximate surface area is 144 Å². The van der Waals surface area contributed by atoms with Crippen LogP contribution in [0.15, 0.2) is 17.0 Å². The van der Waals surface area contributed by atoms with Gasteiger partial charge in [0.1, 0.15) is 10.6 Å². The highest BCUT2D eigenvalue weighted by atomic mass is 32.2. The smallest absolute Gasteiger partial charge is 0.246 e. The van der Waals surface area contributed by atoms with E-state index in [2.05, 4.69) is 0 Å². The van der Waals surface area contributed by atoms with E-state index in [1.807, 2.05) is 13.8 Å². The summed E-state index contributed by atoms with van der Waals surface area (Å²) in [6.07, 6.45) is 0.672. The molecule has 0 radical (unpaired) electrons. The molecule has 0 bridgehead atoms. The standard InChI is InChI=1S/C16H25NO5S2/c1-5-23(18,19)14-6-8-17(9-7-14)24(20,21)16-11-13(3)12(2)10-15(16)22-4/h10-11,14H,5-9H2,1-4H3. The SMILES string of the molecule is CCS(=O)(=O)C1CCN(S(=O)(=O)c2cc(C)c(C)cc2OC)CC1. The van der Waals surface area contributed by atoms with Crippen molar-refractivity contribution < 1.29 is 21.6 Å². The topological polar surface area (TPSA) is 80.8 Å². The minimum atomic E-state index is -3.71. The fraction of sp³-hybridized carbons (Fsp3) is 0.625. The van der Waals surface area contributed by atoms with Gasteiger partial charge in [0.25, 0.3) is 0 Å². The lowest BCUT2D eigenvalue weighted by Crippen LogP contribution is -2.42. The van der Waals surface area contributed by atoms with Crippen LogP contribution in [-0.2, 0) is 19.9 Å². The molecule has 0 spiro atoms. The highest BCUT2D eigenvalue weighted by molar-refractivity contribution is 7.92. The molecule has 1 aliphatic rings. The van der Waals surface area contributed by atoms with Gasteiger partial charge in [-0.05, 0) is 49.9 Å². The molecule has 6 nitrogen and oxygen atoms in total. The maximum atomic E-state index is 13.0. The Morgan fingerprint density at radius 1 is 1.08 bits per heavy atom. The van der Waals surface area contributed by atoms with Crippen LogP contribution in [-0.4, -0.2) is 52.3 Å². The number of rotatable bonds is 5. The molecule has 8 heteroatoms. The second-order valence-corrected chi connectivity index (χ2v) is 10.6. The number of hydrogen-bond acceptors (Lipinski definition) is 5. The van der Waals surface area contributed by atoms with Crippen LogP contribution in [0.5, 0.6) is 5.75 Å². The summed E-state index contributed by atoms with van der Waals surface area (Å²) in [4.78, 5) is 0.143. The van der Waals surface area contributed by atoms with E-state index in [9.17, 15) is 16.8 Å². The number of methoxy groups -OCH3 is 1. The molecule has 1 aromatic carbocycles. The van der Waals surface area contributed by atoms with Crippen molar-refractivity contribution in [2.45, 2.75) is 43.8 Å². The molecule has 0 atom stereocenters. The third-order valence-corrected chi connectivity index (χ3v) is 8.92. The highest BCUT2D eigenvalue weighted by Crippen LogP contribution is 2.32. The van der Waals surface area contributed by atoms with Crippen LogP contribution in [0.2, 0.25) is 0 Å². The third-order valence-electron chi connectivity index (χ3n) is 4.71. The van der Waals surface area contributed by atoms with E-state index in [1.165, 1.54) is 11.4 Å². The molecule has 0 amide bonds. The van der Waals surface area contributed by atoms with Crippen LogP contribution in [0.25, 0.3) is 0 Å². The fourth-order valence-corrected chi connectivity index (χ4v) is 6.02. The third kappa shape index (κ3) is 3.60. The van der Waals surface area contributed by atoms with Gasteiger partial charge >= 0.3 is 0 Å². The number of sulfonamides is 1. The Morgan fingerprint density at radius 2 is 1.62 bits per heavy atom. The van der Waals surface area contributed by atoms with E-state index in [4.69, 9.17) is 4.74 Å². The summed E-state index contributed by atoms with van der Waals surface area (Å²) < 4.78 is 56.5. The van der Waals surface area contributed by atoms with Crippen molar-refractivity contribution >= 4 is 19.9 Å². The van der Waals surface area contributed by atoms with Gasteiger partial charge in [0.05, 0.1) is 12.4 Å². The summed E-state index contributed by atoms with van der Waals surface area (Å²) >= 11 is 0. The molecular formula is C16H25NO5S2. The second-order valence-electron chi connectivity index (χ2n) is 6.14. The molecule has 1 saturated heterocycles. The number of hydrogen-bond donors (Lipinski definition) is 0. The molecular weight excluding hydrogens is 350 g/mol. The molecule has 1 aliphatic heterocycles. The normalized spacial score (nSPS) is 17.8. The Kier molecular flexibility index (Phi) is 5.61. The van der Waals surface area contributed by atoms with Gasteiger partial charge < -0.3 is 4.74 Å². The predicted molar refractivity (Wildman–Crippen MR) is 93.7 cm³/mol. The number of sulfone groups is 1. The van der Waals surface area contributed by atoms with Gasteiger partial charge in [-0.1, -0.05) is 6.92 Å². The van der Waals surface area contributed by atoms with Crippen LogP contribution in [0.3, 0.4) is 0 Å². The average molecular weight is 376 g/mol. The molecule has 1 heterocycles. The van der Waals surface area contributed by atoms with Crippen molar-refractivity contribution in [1.29, 1.82) is 0 Å². The summed E-state index contributed by atoms with van der Waals surface area (Å²) in [5, 5.41) is -0.449. The lowest BCUT2D eigenvalue weighted by molar-refractivity contribution is 0.342. The Morgan fingerprint density at radius 3 is 2.12 bits per heavy atom. The molecule has 0 saturated carbocycles. The molecule has 1 aromatic rings. The number of nitrogens with zero attached hydrogens (tertiary/aromatic N) is 1. The highest BCUT2D eigenvalue weighted by Gasteiger charge is 2.35. The van der Waals surface area contributed by atoms with E-state index in [-0.39, 0.29) is 23.7 Å². The molecule has 0 N–H and O–H groups in total. The maximum absolute atomic E-state index is 13.0. The van der Waals surface area contributed by atoms with Gasteiger partial charge in [-0.3, -0.25) is 0 Å². The van der Waals surface area contributed by atoms with E-state index in [1.54, 1.807) is 19.1 Å². The van der Waals surface area contributed by atoms with Crippen LogP contribution >= 0.6 is 0 Å². The molecule has 0 aliphatic carbocycles. The van der Waals surface area contributed by atoms with Gasteiger partial charge in [-0.25, -0.2) is 16.8 Å². The molecule has 1 fully saturated rings. The lowest BCUT2D eigenvalue weighted by Gasteiger charge is -2.31. The summed E-state index contributed by atoms with van der Waals surface area (Å²) in [5.74, 6) is 0.413. The van der Waals surface area contributed by atoms with Crippen molar-refractivity contribution in [2.24, 2.45) is 0 Å². The molecule has 136 valence electrons. The monoisotopic (exact) mass is 375 g/mol. The number of benzene rings is 1. The van der Waals surface area contributed by atoms with Gasteiger partial charge in [-0.15, -0.1) is 0 Å². The van der Waals surface area contributed by atoms with E-state index in [0.717, 1.165) is 11.1 Å². The number of ether oxygens (including phenoxy) is 1. The van der Waals surface area contributed by atoms with Crippen LogP contribution < -0.4 is 4.74 Å². The van der Waals surface area contributed by atoms with Crippen molar-refractivity contribution in [3.05, 3.63) is 23.3 Å². The lowest BCUT2D eigenvalue weighted by atomic mass is 10.1. The summed E-state index contributed by atoms with van der Waals surface area (Å²) in [6.45, 7) is 5.80. The first-order chi connectivity index (χ1) is 11.1. The van der Waals surface area contributed by atoms with Crippen LogP contribution in [0.1, 0.15) is 30.9 Å². The van der Waals surface area contributed by atoms with Gasteiger partial charge in [0.15, 0.2) is 9.84 Å². The quantitative estimate of drug-likeness (QED) is 0.785.